The third-order valence-electron chi connectivity index (χ3n) is 2.88. The van der Waals surface area contributed by atoms with E-state index >= 15 is 0 Å². The van der Waals surface area contributed by atoms with Crippen LogP contribution in [0, 0.1) is 0 Å². The van der Waals surface area contributed by atoms with E-state index in [2.05, 4.69) is 5.32 Å². The molecule has 0 aliphatic heterocycles. The Kier molecular flexibility index (Phi) is 7.03. The van der Waals surface area contributed by atoms with Crippen LogP contribution in [-0.2, 0) is 0 Å². The molecule has 0 fully saturated rings. The average Bonchev–Trinajstić information content (AvgIpc) is 2.17. The summed E-state index contributed by atoms with van der Waals surface area (Å²) in [5, 5.41) is 12.5. The summed E-state index contributed by atoms with van der Waals surface area (Å²) in [6.45, 7) is 6.29. The van der Waals surface area contributed by atoms with Gasteiger partial charge in [0.15, 0.2) is 0 Å². The SMILES string of the molecule is CCNC(C)(CO)CC(C)N(C)CC(F)F. The average molecular weight is 238 g/mol. The molecule has 5 heteroatoms. The van der Waals surface area contributed by atoms with Gasteiger partial charge in [-0.3, -0.25) is 4.90 Å². The first-order valence-corrected chi connectivity index (χ1v) is 5.69. The number of alkyl halides is 2. The van der Waals surface area contributed by atoms with Gasteiger partial charge in [-0.15, -0.1) is 0 Å². The van der Waals surface area contributed by atoms with E-state index < -0.39 is 12.0 Å². The first-order chi connectivity index (χ1) is 7.34. The lowest BCUT2D eigenvalue weighted by atomic mass is 9.94. The van der Waals surface area contributed by atoms with Crippen LogP contribution in [0.5, 0.6) is 0 Å². The van der Waals surface area contributed by atoms with Gasteiger partial charge in [0.1, 0.15) is 0 Å². The molecule has 0 aliphatic carbocycles. The maximum Gasteiger partial charge on any atom is 0.251 e. The van der Waals surface area contributed by atoms with Crippen molar-refractivity contribution in [1.82, 2.24) is 10.2 Å². The highest BCUT2D eigenvalue weighted by Crippen LogP contribution is 2.15. The van der Waals surface area contributed by atoms with Crippen molar-refractivity contribution >= 4 is 0 Å². The molecule has 2 atom stereocenters. The number of nitrogens with zero attached hydrogens (tertiary/aromatic N) is 1. The maximum absolute atomic E-state index is 12.2. The highest BCUT2D eigenvalue weighted by atomic mass is 19.3. The number of hydrogen-bond donors (Lipinski definition) is 2. The minimum absolute atomic E-state index is 0.00481. The van der Waals surface area contributed by atoms with Crippen LogP contribution >= 0.6 is 0 Å². The molecule has 0 aromatic heterocycles. The van der Waals surface area contributed by atoms with Crippen molar-refractivity contribution in [1.29, 1.82) is 0 Å². The van der Waals surface area contributed by atoms with Crippen molar-refractivity contribution in [3.63, 3.8) is 0 Å². The number of aliphatic hydroxyl groups excluding tert-OH is 1. The van der Waals surface area contributed by atoms with E-state index in [1.165, 1.54) is 0 Å². The van der Waals surface area contributed by atoms with E-state index in [1.54, 1.807) is 11.9 Å². The van der Waals surface area contributed by atoms with Crippen LogP contribution in [-0.4, -0.2) is 54.8 Å². The van der Waals surface area contributed by atoms with E-state index in [1.807, 2.05) is 20.8 Å². The first kappa shape index (κ1) is 15.7. The molecule has 0 amide bonds. The smallest absolute Gasteiger partial charge is 0.251 e. The highest BCUT2D eigenvalue weighted by molar-refractivity contribution is 4.86. The zero-order valence-electron chi connectivity index (χ0n) is 10.6. The fraction of sp³-hybridized carbons (Fsp3) is 1.00. The van der Waals surface area contributed by atoms with E-state index in [4.69, 9.17) is 0 Å². The lowest BCUT2D eigenvalue weighted by molar-refractivity contribution is 0.0669. The standard InChI is InChI=1S/C11H24F2N2O/c1-5-14-11(3,8-16)6-9(2)15(4)7-10(12)13/h9-10,14,16H,5-8H2,1-4H3. The molecule has 0 radical (unpaired) electrons. The van der Waals surface area contributed by atoms with Gasteiger partial charge in [0.2, 0.25) is 0 Å². The molecular formula is C11H24F2N2O. The monoisotopic (exact) mass is 238 g/mol. The molecule has 0 aromatic carbocycles. The summed E-state index contributed by atoms with van der Waals surface area (Å²) in [7, 11) is 1.68. The Hall–Kier alpha value is -0.260. The zero-order valence-corrected chi connectivity index (χ0v) is 10.6. The predicted molar refractivity (Wildman–Crippen MR) is 61.9 cm³/mol. The molecule has 0 saturated carbocycles. The second-order valence-corrected chi connectivity index (χ2v) is 4.63. The molecule has 0 bridgehead atoms. The summed E-state index contributed by atoms with van der Waals surface area (Å²) < 4.78 is 24.4. The Bertz CT molecular complexity index is 193. The molecule has 0 aliphatic rings. The van der Waals surface area contributed by atoms with Gasteiger partial charge in [-0.1, -0.05) is 6.92 Å². The predicted octanol–water partition coefficient (Wildman–Crippen LogP) is 1.32. The summed E-state index contributed by atoms with van der Waals surface area (Å²) in [5.74, 6) is 0. The lowest BCUT2D eigenvalue weighted by Gasteiger charge is -2.35. The Labute approximate surface area is 96.8 Å². The normalized spacial score (nSPS) is 17.8. The van der Waals surface area contributed by atoms with Crippen LogP contribution in [0.25, 0.3) is 0 Å². The summed E-state index contributed by atoms with van der Waals surface area (Å²) in [6, 6.07) is 0.00481. The molecule has 0 heterocycles. The second-order valence-electron chi connectivity index (χ2n) is 4.63. The molecule has 0 aromatic rings. The fourth-order valence-electron chi connectivity index (χ4n) is 1.82. The molecule has 0 rings (SSSR count). The van der Waals surface area contributed by atoms with Gasteiger partial charge in [0, 0.05) is 11.6 Å². The van der Waals surface area contributed by atoms with Crippen LogP contribution in [0.15, 0.2) is 0 Å². The Balaban J connectivity index is 4.23. The molecule has 98 valence electrons. The fourth-order valence-corrected chi connectivity index (χ4v) is 1.82. The van der Waals surface area contributed by atoms with E-state index in [0.29, 0.717) is 6.42 Å². The summed E-state index contributed by atoms with van der Waals surface area (Å²) in [5.41, 5.74) is -0.398. The largest absolute Gasteiger partial charge is 0.394 e. The molecule has 2 unspecified atom stereocenters. The van der Waals surface area contributed by atoms with Gasteiger partial charge >= 0.3 is 0 Å². The molecule has 0 spiro atoms. The number of halogens is 2. The molecular weight excluding hydrogens is 214 g/mol. The van der Waals surface area contributed by atoms with Crippen molar-refractivity contribution in [3.05, 3.63) is 0 Å². The van der Waals surface area contributed by atoms with Crippen LogP contribution in [0.2, 0.25) is 0 Å². The highest BCUT2D eigenvalue weighted by Gasteiger charge is 2.27. The summed E-state index contributed by atoms with van der Waals surface area (Å²) in [6.07, 6.45) is -1.67. The van der Waals surface area contributed by atoms with E-state index in [-0.39, 0.29) is 19.2 Å². The maximum atomic E-state index is 12.2. The van der Waals surface area contributed by atoms with Crippen molar-refractivity contribution in [2.24, 2.45) is 0 Å². The number of nitrogens with one attached hydrogen (secondary N) is 1. The van der Waals surface area contributed by atoms with Crippen LogP contribution in [0.4, 0.5) is 8.78 Å². The van der Waals surface area contributed by atoms with Crippen molar-refractivity contribution in [2.75, 3.05) is 26.7 Å². The Morgan fingerprint density at radius 3 is 2.38 bits per heavy atom. The van der Waals surface area contributed by atoms with Gasteiger partial charge in [0.05, 0.1) is 13.2 Å². The lowest BCUT2D eigenvalue weighted by Crippen LogP contribution is -2.50. The second kappa shape index (κ2) is 7.14. The zero-order chi connectivity index (χ0) is 12.8. The number of rotatable bonds is 8. The van der Waals surface area contributed by atoms with Gasteiger partial charge in [0.25, 0.3) is 6.43 Å². The van der Waals surface area contributed by atoms with E-state index in [0.717, 1.165) is 6.54 Å². The van der Waals surface area contributed by atoms with Gasteiger partial charge in [-0.05, 0) is 33.9 Å². The van der Waals surface area contributed by atoms with Crippen LogP contribution in [0.1, 0.15) is 27.2 Å². The minimum Gasteiger partial charge on any atom is -0.394 e. The van der Waals surface area contributed by atoms with Crippen molar-refractivity contribution in [3.8, 4) is 0 Å². The molecule has 0 saturated heterocycles. The Morgan fingerprint density at radius 2 is 2.00 bits per heavy atom. The van der Waals surface area contributed by atoms with Crippen LogP contribution < -0.4 is 5.32 Å². The summed E-state index contributed by atoms with van der Waals surface area (Å²) >= 11 is 0. The van der Waals surface area contributed by atoms with Crippen molar-refractivity contribution in [2.45, 2.75) is 45.2 Å². The third kappa shape index (κ3) is 5.72. The van der Waals surface area contributed by atoms with Gasteiger partial charge < -0.3 is 10.4 Å². The molecule has 2 N–H and O–H groups in total. The first-order valence-electron chi connectivity index (χ1n) is 5.69. The van der Waals surface area contributed by atoms with Crippen molar-refractivity contribution < 1.29 is 13.9 Å². The minimum atomic E-state index is -2.31. The molecule has 16 heavy (non-hydrogen) atoms. The molecule has 3 nitrogen and oxygen atoms in total. The van der Waals surface area contributed by atoms with Gasteiger partial charge in [-0.25, -0.2) is 8.78 Å². The summed E-state index contributed by atoms with van der Waals surface area (Å²) in [4.78, 5) is 1.62. The van der Waals surface area contributed by atoms with Gasteiger partial charge in [-0.2, -0.15) is 0 Å². The Morgan fingerprint density at radius 1 is 1.44 bits per heavy atom. The topological polar surface area (TPSA) is 35.5 Å². The number of likely N-dealkylation sites (N-methyl/N-ethyl adjacent to an activating group) is 1. The quantitative estimate of drug-likeness (QED) is 0.669. The van der Waals surface area contributed by atoms with Crippen LogP contribution in [0.3, 0.4) is 0 Å². The number of aliphatic hydroxyl groups is 1. The van der Waals surface area contributed by atoms with E-state index in [9.17, 15) is 13.9 Å². The third-order valence-corrected chi connectivity index (χ3v) is 2.88. The number of hydrogen-bond acceptors (Lipinski definition) is 3.